The second kappa shape index (κ2) is 5.65. The van der Waals surface area contributed by atoms with E-state index in [1.54, 1.807) is 23.1 Å². The zero-order valence-electron chi connectivity index (χ0n) is 9.26. The van der Waals surface area contributed by atoms with Crippen LogP contribution in [0.4, 0.5) is 0 Å². The van der Waals surface area contributed by atoms with Crippen molar-refractivity contribution in [1.29, 1.82) is 0 Å². The molecule has 0 fully saturated rings. The summed E-state index contributed by atoms with van der Waals surface area (Å²) in [5.41, 5.74) is 0.643. The van der Waals surface area contributed by atoms with Crippen molar-refractivity contribution >= 4 is 34.9 Å². The van der Waals surface area contributed by atoms with E-state index in [4.69, 9.17) is 0 Å². The molecule has 8 heteroatoms. The number of hydrogen-bond donors (Lipinski definition) is 1. The van der Waals surface area contributed by atoms with Crippen molar-refractivity contribution in [3.05, 3.63) is 27.1 Å². The number of H-pyrrole nitrogens is 1. The number of nitrogens with one attached hydrogen (secondary N) is 1. The zero-order chi connectivity index (χ0) is 12.3. The molecule has 90 valence electrons. The maximum Gasteiger partial charge on any atom is 0.251 e. The zero-order valence-corrected chi connectivity index (χ0v) is 11.7. The van der Waals surface area contributed by atoms with Gasteiger partial charge in [-0.1, -0.05) is 34.9 Å². The van der Waals surface area contributed by atoms with Crippen LogP contribution in [0.3, 0.4) is 0 Å². The summed E-state index contributed by atoms with van der Waals surface area (Å²) in [7, 11) is 0. The lowest BCUT2D eigenvalue weighted by atomic mass is 10.5. The fourth-order valence-electron chi connectivity index (χ4n) is 1.13. The Morgan fingerprint density at radius 2 is 2.29 bits per heavy atom. The predicted octanol–water partition coefficient (Wildman–Crippen LogP) is 1.94. The second-order valence-electron chi connectivity index (χ2n) is 3.12. The van der Waals surface area contributed by atoms with E-state index in [1.807, 2.05) is 13.2 Å². The maximum absolute atomic E-state index is 11.3. The Morgan fingerprint density at radius 3 is 2.94 bits per heavy atom. The molecule has 0 spiro atoms. The highest BCUT2D eigenvalue weighted by molar-refractivity contribution is 8.00. The fraction of sp³-hybridized carbons (Fsp3) is 0.333. The standard InChI is InChI=1S/C9H10N4OS3/c1-5-12-13-9(17-5)16-4-6-3-7(14)11-8(10-6)15-2/h3H,4H2,1-2H3,(H,10,11,14). The van der Waals surface area contributed by atoms with E-state index in [2.05, 4.69) is 20.2 Å². The Balaban J connectivity index is 2.08. The van der Waals surface area contributed by atoms with Gasteiger partial charge in [0, 0.05) is 11.8 Å². The number of rotatable bonds is 4. The molecule has 17 heavy (non-hydrogen) atoms. The topological polar surface area (TPSA) is 71.5 Å². The van der Waals surface area contributed by atoms with Crippen molar-refractivity contribution in [2.45, 2.75) is 22.2 Å². The summed E-state index contributed by atoms with van der Waals surface area (Å²) in [6.07, 6.45) is 1.88. The van der Waals surface area contributed by atoms with E-state index >= 15 is 0 Å². The number of aromatic nitrogens is 4. The lowest BCUT2D eigenvalue weighted by Gasteiger charge is -2.00. The van der Waals surface area contributed by atoms with Gasteiger partial charge in [0.05, 0.1) is 5.69 Å². The minimum atomic E-state index is -0.117. The number of aryl methyl sites for hydroxylation is 1. The smallest absolute Gasteiger partial charge is 0.251 e. The van der Waals surface area contributed by atoms with Gasteiger partial charge in [-0.2, -0.15) is 0 Å². The monoisotopic (exact) mass is 286 g/mol. The molecule has 2 aromatic rings. The van der Waals surface area contributed by atoms with E-state index in [1.165, 1.54) is 17.8 Å². The largest absolute Gasteiger partial charge is 0.301 e. The molecule has 0 aliphatic rings. The first-order valence-electron chi connectivity index (χ1n) is 4.74. The molecule has 0 unspecified atom stereocenters. The van der Waals surface area contributed by atoms with Crippen LogP contribution in [0.5, 0.6) is 0 Å². The normalized spacial score (nSPS) is 10.7. The van der Waals surface area contributed by atoms with E-state index < -0.39 is 0 Å². The first kappa shape index (κ1) is 12.6. The van der Waals surface area contributed by atoms with Crippen molar-refractivity contribution in [1.82, 2.24) is 20.2 Å². The number of hydrogen-bond acceptors (Lipinski definition) is 7. The summed E-state index contributed by atoms with van der Waals surface area (Å²) in [6.45, 7) is 1.92. The van der Waals surface area contributed by atoms with Crippen LogP contribution in [0.2, 0.25) is 0 Å². The van der Waals surface area contributed by atoms with Gasteiger partial charge >= 0.3 is 0 Å². The Labute approximate surface area is 110 Å². The molecule has 0 radical (unpaired) electrons. The van der Waals surface area contributed by atoms with Gasteiger partial charge < -0.3 is 4.98 Å². The molecular formula is C9H10N4OS3. The summed E-state index contributed by atoms with van der Waals surface area (Å²) in [5, 5.41) is 9.53. The lowest BCUT2D eigenvalue weighted by Crippen LogP contribution is -2.09. The van der Waals surface area contributed by atoms with E-state index in [9.17, 15) is 4.79 Å². The van der Waals surface area contributed by atoms with Crippen molar-refractivity contribution in [3.8, 4) is 0 Å². The highest BCUT2D eigenvalue weighted by atomic mass is 32.2. The van der Waals surface area contributed by atoms with Crippen LogP contribution in [0.25, 0.3) is 0 Å². The molecule has 0 saturated heterocycles. The maximum atomic E-state index is 11.3. The Hall–Kier alpha value is -0.860. The summed E-state index contributed by atoms with van der Waals surface area (Å²) in [4.78, 5) is 18.3. The van der Waals surface area contributed by atoms with Crippen molar-refractivity contribution < 1.29 is 0 Å². The molecule has 0 aliphatic carbocycles. The molecule has 2 heterocycles. The van der Waals surface area contributed by atoms with Crippen molar-refractivity contribution in [2.24, 2.45) is 0 Å². The van der Waals surface area contributed by atoms with Crippen LogP contribution in [0.1, 0.15) is 10.7 Å². The molecule has 5 nitrogen and oxygen atoms in total. The molecule has 1 N–H and O–H groups in total. The number of nitrogens with zero attached hydrogens (tertiary/aromatic N) is 3. The van der Waals surface area contributed by atoms with E-state index in [0.29, 0.717) is 10.9 Å². The molecule has 2 rings (SSSR count). The van der Waals surface area contributed by atoms with Crippen LogP contribution in [0, 0.1) is 6.92 Å². The average molecular weight is 286 g/mol. The molecule has 0 amide bonds. The van der Waals surface area contributed by atoms with Crippen molar-refractivity contribution in [3.63, 3.8) is 0 Å². The summed E-state index contributed by atoms with van der Waals surface area (Å²) in [6, 6.07) is 1.51. The van der Waals surface area contributed by atoms with Gasteiger partial charge in [0.2, 0.25) is 0 Å². The van der Waals surface area contributed by atoms with E-state index in [0.717, 1.165) is 15.0 Å². The summed E-state index contributed by atoms with van der Waals surface area (Å²) < 4.78 is 0.898. The fourth-order valence-corrected chi connectivity index (χ4v) is 3.25. The van der Waals surface area contributed by atoms with Crippen LogP contribution in [0.15, 0.2) is 20.4 Å². The van der Waals surface area contributed by atoms with E-state index in [-0.39, 0.29) is 5.56 Å². The molecular weight excluding hydrogens is 276 g/mol. The quantitative estimate of drug-likeness (QED) is 0.684. The van der Waals surface area contributed by atoms with Gasteiger partial charge in [-0.25, -0.2) is 4.98 Å². The minimum Gasteiger partial charge on any atom is -0.301 e. The van der Waals surface area contributed by atoms with Crippen LogP contribution in [-0.4, -0.2) is 26.4 Å². The minimum absolute atomic E-state index is 0.117. The predicted molar refractivity (Wildman–Crippen MR) is 70.8 cm³/mol. The highest BCUT2D eigenvalue weighted by Gasteiger charge is 2.05. The summed E-state index contributed by atoms with van der Waals surface area (Å²) in [5.74, 6) is 0.631. The molecule has 0 aromatic carbocycles. The van der Waals surface area contributed by atoms with Gasteiger partial charge in [0.1, 0.15) is 5.01 Å². The van der Waals surface area contributed by atoms with Gasteiger partial charge in [0.15, 0.2) is 9.50 Å². The van der Waals surface area contributed by atoms with Crippen LogP contribution in [-0.2, 0) is 5.75 Å². The second-order valence-corrected chi connectivity index (χ2v) is 6.32. The van der Waals surface area contributed by atoms with Gasteiger partial charge in [-0.05, 0) is 13.2 Å². The molecule has 0 saturated carbocycles. The molecule has 0 atom stereocenters. The van der Waals surface area contributed by atoms with Gasteiger partial charge in [-0.15, -0.1) is 10.2 Å². The van der Waals surface area contributed by atoms with Gasteiger partial charge in [-0.3, -0.25) is 4.79 Å². The number of thioether (sulfide) groups is 2. The molecule has 0 aliphatic heterocycles. The summed E-state index contributed by atoms with van der Waals surface area (Å²) >= 11 is 4.51. The first-order chi connectivity index (χ1) is 8.17. The van der Waals surface area contributed by atoms with Gasteiger partial charge in [0.25, 0.3) is 5.56 Å². The Kier molecular flexibility index (Phi) is 4.19. The third-order valence-electron chi connectivity index (χ3n) is 1.82. The number of aromatic amines is 1. The Bertz CT molecular complexity index is 565. The third kappa shape index (κ3) is 3.55. The molecule has 2 aromatic heterocycles. The van der Waals surface area contributed by atoms with Crippen LogP contribution >= 0.6 is 34.9 Å². The third-order valence-corrected chi connectivity index (χ3v) is 4.40. The lowest BCUT2D eigenvalue weighted by molar-refractivity contribution is 0.901. The van der Waals surface area contributed by atoms with Crippen LogP contribution < -0.4 is 5.56 Å². The van der Waals surface area contributed by atoms with Crippen molar-refractivity contribution in [2.75, 3.05) is 6.26 Å². The molecule has 0 bridgehead atoms. The Morgan fingerprint density at radius 1 is 1.47 bits per heavy atom. The highest BCUT2D eigenvalue weighted by Crippen LogP contribution is 2.24. The average Bonchev–Trinajstić information content (AvgIpc) is 2.72. The SMILES string of the molecule is CSc1nc(CSc2nnc(C)s2)cc(=O)[nH]1. The first-order valence-corrected chi connectivity index (χ1v) is 7.77.